The second-order valence-corrected chi connectivity index (χ2v) is 4.49. The molecule has 0 heterocycles. The summed E-state index contributed by atoms with van der Waals surface area (Å²) in [6, 6.07) is 2.62. The van der Waals surface area contributed by atoms with Gasteiger partial charge in [-0.3, -0.25) is 4.79 Å². The molecule has 0 fully saturated rings. The van der Waals surface area contributed by atoms with Gasteiger partial charge in [0.2, 0.25) is 0 Å². The first kappa shape index (κ1) is 15.3. The molecule has 5 nitrogen and oxygen atoms in total. The molecule has 0 aromatic heterocycles. The van der Waals surface area contributed by atoms with Crippen LogP contribution in [0.5, 0.6) is 0 Å². The van der Waals surface area contributed by atoms with E-state index in [2.05, 4.69) is 0 Å². The van der Waals surface area contributed by atoms with E-state index in [0.717, 1.165) is 0 Å². The molecule has 5 heteroatoms. The van der Waals surface area contributed by atoms with E-state index in [4.69, 9.17) is 5.11 Å². The van der Waals surface area contributed by atoms with Crippen molar-refractivity contribution in [2.45, 2.75) is 39.4 Å². The lowest BCUT2D eigenvalue weighted by Crippen LogP contribution is -2.12. The molecule has 0 saturated heterocycles. The molecule has 1 rings (SSSR count). The summed E-state index contributed by atoms with van der Waals surface area (Å²) < 4.78 is 0. The van der Waals surface area contributed by atoms with Crippen LogP contribution in [0.15, 0.2) is 12.1 Å². The highest BCUT2D eigenvalue weighted by atomic mass is 16.4. The third-order valence-electron chi connectivity index (χ3n) is 3.03. The number of Topliss-reactive ketones (excluding diaryl/α,β-unsaturated/α-hetero) is 1. The molecule has 1 aromatic carbocycles. The van der Waals surface area contributed by atoms with Crippen LogP contribution in [0.25, 0.3) is 0 Å². The molecule has 0 amide bonds. The van der Waals surface area contributed by atoms with E-state index in [0.29, 0.717) is 12.0 Å². The molecule has 19 heavy (non-hydrogen) atoms. The molecule has 0 saturated carbocycles. The predicted octanol–water partition coefficient (Wildman–Crippen LogP) is 2.08. The predicted molar refractivity (Wildman–Crippen MR) is 69.3 cm³/mol. The summed E-state index contributed by atoms with van der Waals surface area (Å²) in [6.45, 7) is 4.52. The summed E-state index contributed by atoms with van der Waals surface area (Å²) in [4.78, 5) is 22.7. The van der Waals surface area contributed by atoms with Gasteiger partial charge in [-0.1, -0.05) is 6.92 Å². The Balaban J connectivity index is 3.59. The van der Waals surface area contributed by atoms with Crippen LogP contribution in [0, 0.1) is 0 Å². The zero-order valence-electron chi connectivity index (χ0n) is 11.2. The van der Waals surface area contributed by atoms with Crippen LogP contribution >= 0.6 is 0 Å². The first-order valence-corrected chi connectivity index (χ1v) is 6.07. The molecule has 0 aliphatic rings. The van der Waals surface area contributed by atoms with Gasteiger partial charge in [-0.2, -0.15) is 0 Å². The first-order valence-electron chi connectivity index (χ1n) is 6.07. The fourth-order valence-electron chi connectivity index (χ4n) is 1.97. The van der Waals surface area contributed by atoms with E-state index in [1.807, 2.05) is 0 Å². The maximum absolute atomic E-state index is 11.5. The number of benzene rings is 1. The van der Waals surface area contributed by atoms with E-state index < -0.39 is 18.2 Å². The smallest absolute Gasteiger partial charge is 0.336 e. The SMILES string of the molecule is CCC(O)c1cc(C(C)O)c(C(C)=O)cc1C(=O)O. The Kier molecular flexibility index (Phi) is 4.80. The molecule has 3 N–H and O–H groups in total. The topological polar surface area (TPSA) is 94.8 Å². The largest absolute Gasteiger partial charge is 0.478 e. The van der Waals surface area contributed by atoms with Crippen molar-refractivity contribution in [1.29, 1.82) is 0 Å². The molecule has 104 valence electrons. The summed E-state index contributed by atoms with van der Waals surface area (Å²) in [6.07, 6.45) is -1.51. The van der Waals surface area contributed by atoms with Crippen LogP contribution in [0.2, 0.25) is 0 Å². The van der Waals surface area contributed by atoms with E-state index in [1.54, 1.807) is 6.92 Å². The molecule has 0 aliphatic heterocycles. The number of aliphatic hydroxyl groups excluding tert-OH is 2. The fraction of sp³-hybridized carbons (Fsp3) is 0.429. The Hall–Kier alpha value is -1.72. The minimum absolute atomic E-state index is 0.107. The number of carbonyl (C=O) groups is 2. The number of carboxylic acids is 1. The second kappa shape index (κ2) is 5.95. The van der Waals surface area contributed by atoms with Gasteiger partial charge >= 0.3 is 5.97 Å². The van der Waals surface area contributed by atoms with Crippen LogP contribution in [0.1, 0.15) is 71.2 Å². The monoisotopic (exact) mass is 266 g/mol. The van der Waals surface area contributed by atoms with E-state index in [-0.39, 0.29) is 22.5 Å². The zero-order valence-corrected chi connectivity index (χ0v) is 11.2. The van der Waals surface area contributed by atoms with Crippen molar-refractivity contribution in [1.82, 2.24) is 0 Å². The normalized spacial score (nSPS) is 13.9. The van der Waals surface area contributed by atoms with Crippen molar-refractivity contribution in [3.8, 4) is 0 Å². The van der Waals surface area contributed by atoms with Crippen LogP contribution in [-0.2, 0) is 0 Å². The number of ketones is 1. The summed E-state index contributed by atoms with van der Waals surface area (Å²) in [5.41, 5.74) is 0.610. The number of rotatable bonds is 5. The minimum atomic E-state index is -1.21. The standard InChI is InChI=1S/C14H18O5/c1-4-13(17)11-5-9(7(2)15)10(8(3)16)6-12(11)14(18)19/h5-7,13,15,17H,4H2,1-3H3,(H,18,19). The highest BCUT2D eigenvalue weighted by Gasteiger charge is 2.22. The highest BCUT2D eigenvalue weighted by Crippen LogP contribution is 2.28. The molecular formula is C14H18O5. The van der Waals surface area contributed by atoms with Gasteiger partial charge < -0.3 is 15.3 Å². The van der Waals surface area contributed by atoms with Gasteiger partial charge in [0.1, 0.15) is 0 Å². The van der Waals surface area contributed by atoms with Crippen LogP contribution in [0.4, 0.5) is 0 Å². The van der Waals surface area contributed by atoms with Crippen molar-refractivity contribution in [2.24, 2.45) is 0 Å². The summed E-state index contributed by atoms with van der Waals surface area (Å²) >= 11 is 0. The Morgan fingerprint density at radius 2 is 1.74 bits per heavy atom. The average Bonchev–Trinajstić information content (AvgIpc) is 2.35. The third-order valence-corrected chi connectivity index (χ3v) is 3.03. The van der Waals surface area contributed by atoms with Crippen molar-refractivity contribution in [2.75, 3.05) is 0 Å². The van der Waals surface area contributed by atoms with Crippen LogP contribution < -0.4 is 0 Å². The van der Waals surface area contributed by atoms with E-state index >= 15 is 0 Å². The summed E-state index contributed by atoms with van der Waals surface area (Å²) in [7, 11) is 0. The fourth-order valence-corrected chi connectivity index (χ4v) is 1.97. The van der Waals surface area contributed by atoms with Gasteiger partial charge in [0.15, 0.2) is 5.78 Å². The average molecular weight is 266 g/mol. The van der Waals surface area contributed by atoms with Gasteiger partial charge in [-0.15, -0.1) is 0 Å². The number of aliphatic hydroxyl groups is 2. The number of hydrogen-bond acceptors (Lipinski definition) is 4. The molecular weight excluding hydrogens is 248 g/mol. The van der Waals surface area contributed by atoms with Crippen molar-refractivity contribution < 1.29 is 24.9 Å². The summed E-state index contributed by atoms with van der Waals surface area (Å²) in [5.74, 6) is -1.53. The lowest BCUT2D eigenvalue weighted by molar-refractivity contribution is 0.0688. The van der Waals surface area contributed by atoms with E-state index in [9.17, 15) is 19.8 Å². The van der Waals surface area contributed by atoms with Gasteiger partial charge in [-0.05, 0) is 43.5 Å². The Labute approximate surface area is 111 Å². The molecule has 0 spiro atoms. The van der Waals surface area contributed by atoms with Gasteiger partial charge in [0, 0.05) is 5.56 Å². The minimum Gasteiger partial charge on any atom is -0.478 e. The van der Waals surface area contributed by atoms with E-state index in [1.165, 1.54) is 26.0 Å². The Morgan fingerprint density at radius 1 is 1.16 bits per heavy atom. The number of carbonyl (C=O) groups excluding carboxylic acids is 1. The lowest BCUT2D eigenvalue weighted by Gasteiger charge is -2.17. The summed E-state index contributed by atoms with van der Waals surface area (Å²) in [5, 5.41) is 28.7. The third kappa shape index (κ3) is 3.19. The number of carboxylic acid groups (broad SMARTS) is 1. The van der Waals surface area contributed by atoms with Crippen molar-refractivity contribution in [3.63, 3.8) is 0 Å². The van der Waals surface area contributed by atoms with Crippen LogP contribution in [0.3, 0.4) is 0 Å². The zero-order chi connectivity index (χ0) is 14.7. The molecule has 2 atom stereocenters. The molecule has 2 unspecified atom stereocenters. The maximum Gasteiger partial charge on any atom is 0.336 e. The quantitative estimate of drug-likeness (QED) is 0.709. The van der Waals surface area contributed by atoms with Crippen LogP contribution in [-0.4, -0.2) is 27.1 Å². The first-order chi connectivity index (χ1) is 8.79. The number of aromatic carboxylic acids is 1. The molecule has 1 aromatic rings. The highest BCUT2D eigenvalue weighted by molar-refractivity contribution is 5.99. The Morgan fingerprint density at radius 3 is 2.11 bits per heavy atom. The Bertz CT molecular complexity index is 505. The van der Waals surface area contributed by atoms with Crippen molar-refractivity contribution >= 4 is 11.8 Å². The molecule has 0 bridgehead atoms. The molecule has 0 radical (unpaired) electrons. The van der Waals surface area contributed by atoms with Gasteiger partial charge in [0.05, 0.1) is 17.8 Å². The molecule has 0 aliphatic carbocycles. The van der Waals surface area contributed by atoms with Crippen molar-refractivity contribution in [3.05, 3.63) is 34.4 Å². The maximum atomic E-state index is 11.5. The van der Waals surface area contributed by atoms with Gasteiger partial charge in [0.25, 0.3) is 0 Å². The van der Waals surface area contributed by atoms with Gasteiger partial charge in [-0.25, -0.2) is 4.79 Å². The number of hydrogen-bond donors (Lipinski definition) is 3. The second-order valence-electron chi connectivity index (χ2n) is 4.49. The lowest BCUT2D eigenvalue weighted by atomic mass is 9.91.